The van der Waals surface area contributed by atoms with E-state index in [2.05, 4.69) is 39.0 Å². The third-order valence-corrected chi connectivity index (χ3v) is 5.20. The fourth-order valence-electron chi connectivity index (χ4n) is 3.96. The summed E-state index contributed by atoms with van der Waals surface area (Å²) in [6.07, 6.45) is -1.87. The number of benzene rings is 1. The lowest BCUT2D eigenvalue weighted by Gasteiger charge is -2.34. The molecule has 2 atom stereocenters. The molecule has 0 amide bonds. The average molecular weight is 347 g/mol. The lowest BCUT2D eigenvalue weighted by molar-refractivity contribution is -0.141. The second-order valence-corrected chi connectivity index (χ2v) is 6.94. The highest BCUT2D eigenvalue weighted by molar-refractivity contribution is 5.18. The lowest BCUT2D eigenvalue weighted by Crippen LogP contribution is -2.45. The molecular weight excluding hydrogens is 327 g/mol. The standard InChI is InChI=1S/C19H20F3N3/c20-19(21,22)18-7-6-15(9-23-18)11-25-13-16-8-17(25)12-24(16)10-14-4-2-1-3-5-14/h1-7,9,16-17H,8,10-13H2. The number of pyridine rings is 1. The van der Waals surface area contributed by atoms with Crippen LogP contribution in [0.15, 0.2) is 48.7 Å². The highest BCUT2D eigenvalue weighted by Gasteiger charge is 2.42. The fraction of sp³-hybridized carbons (Fsp3) is 0.421. The second kappa shape index (κ2) is 6.42. The largest absolute Gasteiger partial charge is 0.433 e. The fourth-order valence-corrected chi connectivity index (χ4v) is 3.96. The predicted octanol–water partition coefficient (Wildman–Crippen LogP) is 3.56. The first-order chi connectivity index (χ1) is 12.0. The van der Waals surface area contributed by atoms with Gasteiger partial charge < -0.3 is 0 Å². The van der Waals surface area contributed by atoms with Crippen molar-refractivity contribution in [3.63, 3.8) is 0 Å². The minimum absolute atomic E-state index is 0.482. The molecule has 2 aliphatic heterocycles. The molecule has 25 heavy (non-hydrogen) atoms. The van der Waals surface area contributed by atoms with E-state index < -0.39 is 11.9 Å². The van der Waals surface area contributed by atoms with E-state index in [0.29, 0.717) is 18.6 Å². The van der Waals surface area contributed by atoms with Crippen LogP contribution in [-0.2, 0) is 19.3 Å². The Morgan fingerprint density at radius 3 is 2.04 bits per heavy atom. The first kappa shape index (κ1) is 16.5. The van der Waals surface area contributed by atoms with E-state index in [9.17, 15) is 13.2 Å². The van der Waals surface area contributed by atoms with Crippen LogP contribution in [0.1, 0.15) is 23.2 Å². The molecule has 2 fully saturated rings. The van der Waals surface area contributed by atoms with Gasteiger partial charge in [0.25, 0.3) is 0 Å². The zero-order valence-electron chi connectivity index (χ0n) is 13.8. The molecule has 2 aromatic rings. The molecule has 0 radical (unpaired) electrons. The Balaban J connectivity index is 1.35. The highest BCUT2D eigenvalue weighted by Crippen LogP contribution is 2.33. The summed E-state index contributed by atoms with van der Waals surface area (Å²) in [5.74, 6) is 0. The maximum absolute atomic E-state index is 12.6. The summed E-state index contributed by atoms with van der Waals surface area (Å²) in [6, 6.07) is 14.1. The van der Waals surface area contributed by atoms with Crippen LogP contribution in [-0.4, -0.2) is 40.0 Å². The van der Waals surface area contributed by atoms with Crippen LogP contribution in [0.5, 0.6) is 0 Å². The minimum Gasteiger partial charge on any atom is -0.293 e. The highest BCUT2D eigenvalue weighted by atomic mass is 19.4. The van der Waals surface area contributed by atoms with Crippen LogP contribution >= 0.6 is 0 Å². The van der Waals surface area contributed by atoms with Gasteiger partial charge >= 0.3 is 6.18 Å². The molecule has 2 unspecified atom stereocenters. The normalized spacial score (nSPS) is 24.1. The zero-order valence-corrected chi connectivity index (χ0v) is 13.8. The Labute approximate surface area is 145 Å². The summed E-state index contributed by atoms with van der Waals surface area (Å²) >= 11 is 0. The number of rotatable bonds is 4. The van der Waals surface area contributed by atoms with Gasteiger partial charge in [-0.2, -0.15) is 13.2 Å². The zero-order chi connectivity index (χ0) is 17.4. The number of nitrogens with zero attached hydrogens (tertiary/aromatic N) is 3. The summed E-state index contributed by atoms with van der Waals surface area (Å²) in [7, 11) is 0. The molecule has 132 valence electrons. The van der Waals surface area contributed by atoms with Crippen molar-refractivity contribution < 1.29 is 13.2 Å². The van der Waals surface area contributed by atoms with Crippen LogP contribution in [0.2, 0.25) is 0 Å². The number of hydrogen-bond acceptors (Lipinski definition) is 3. The Morgan fingerprint density at radius 1 is 0.880 bits per heavy atom. The van der Waals surface area contributed by atoms with E-state index in [0.717, 1.165) is 37.7 Å². The summed E-state index contributed by atoms with van der Waals surface area (Å²) in [5, 5.41) is 0. The molecule has 3 nitrogen and oxygen atoms in total. The number of alkyl halides is 3. The van der Waals surface area contributed by atoms with Gasteiger partial charge in [-0.15, -0.1) is 0 Å². The van der Waals surface area contributed by atoms with Crippen molar-refractivity contribution in [3.8, 4) is 0 Å². The number of piperazine rings is 1. The quantitative estimate of drug-likeness (QED) is 0.843. The molecule has 1 aromatic carbocycles. The predicted molar refractivity (Wildman–Crippen MR) is 88.7 cm³/mol. The van der Waals surface area contributed by atoms with Gasteiger partial charge in [0.05, 0.1) is 0 Å². The molecule has 0 spiro atoms. The maximum atomic E-state index is 12.6. The van der Waals surface area contributed by atoms with Crippen molar-refractivity contribution >= 4 is 0 Å². The summed E-state index contributed by atoms with van der Waals surface area (Å²) in [4.78, 5) is 8.45. The molecule has 2 saturated heterocycles. The van der Waals surface area contributed by atoms with Crippen molar-refractivity contribution in [2.75, 3.05) is 13.1 Å². The van der Waals surface area contributed by atoms with Crippen LogP contribution in [0, 0.1) is 0 Å². The van der Waals surface area contributed by atoms with E-state index in [1.165, 1.54) is 11.8 Å². The third kappa shape index (κ3) is 3.55. The number of likely N-dealkylation sites (tertiary alicyclic amines) is 2. The van der Waals surface area contributed by atoms with E-state index in [1.807, 2.05) is 6.07 Å². The average Bonchev–Trinajstić information content (AvgIpc) is 3.15. The van der Waals surface area contributed by atoms with Gasteiger partial charge in [0.1, 0.15) is 5.69 Å². The Hall–Kier alpha value is -1.92. The minimum atomic E-state index is -4.37. The first-order valence-corrected chi connectivity index (χ1v) is 8.53. The van der Waals surface area contributed by atoms with Gasteiger partial charge in [0.2, 0.25) is 0 Å². The molecule has 3 heterocycles. The van der Waals surface area contributed by atoms with Gasteiger partial charge in [-0.1, -0.05) is 36.4 Å². The summed E-state index contributed by atoms with van der Waals surface area (Å²) in [6.45, 7) is 3.63. The lowest BCUT2D eigenvalue weighted by atomic mass is 10.2. The number of halogens is 3. The van der Waals surface area contributed by atoms with Gasteiger partial charge in [-0.3, -0.25) is 14.8 Å². The molecule has 0 aliphatic carbocycles. The van der Waals surface area contributed by atoms with Gasteiger partial charge in [0.15, 0.2) is 0 Å². The molecule has 2 bridgehead atoms. The Morgan fingerprint density at radius 2 is 1.52 bits per heavy atom. The second-order valence-electron chi connectivity index (χ2n) is 6.94. The number of fused-ring (bicyclic) bond motifs is 2. The smallest absolute Gasteiger partial charge is 0.293 e. The molecule has 1 aromatic heterocycles. The topological polar surface area (TPSA) is 19.4 Å². The monoisotopic (exact) mass is 347 g/mol. The van der Waals surface area contributed by atoms with Crippen molar-refractivity contribution in [3.05, 3.63) is 65.5 Å². The van der Waals surface area contributed by atoms with Crippen LogP contribution in [0.25, 0.3) is 0 Å². The third-order valence-electron chi connectivity index (χ3n) is 5.20. The van der Waals surface area contributed by atoms with Crippen LogP contribution in [0.4, 0.5) is 13.2 Å². The van der Waals surface area contributed by atoms with Gasteiger partial charge in [-0.05, 0) is 23.6 Å². The van der Waals surface area contributed by atoms with E-state index in [4.69, 9.17) is 0 Å². The number of aromatic nitrogens is 1. The maximum Gasteiger partial charge on any atom is 0.433 e. The summed E-state index contributed by atoms with van der Waals surface area (Å²) in [5.41, 5.74) is 1.34. The first-order valence-electron chi connectivity index (χ1n) is 8.53. The SMILES string of the molecule is FC(F)(F)c1ccc(CN2CC3CC2CN3Cc2ccccc2)cn1. The summed E-state index contributed by atoms with van der Waals surface area (Å²) < 4.78 is 37.8. The van der Waals surface area contributed by atoms with Crippen molar-refractivity contribution in [2.45, 2.75) is 37.8 Å². The van der Waals surface area contributed by atoms with Crippen LogP contribution < -0.4 is 0 Å². The Kier molecular flexibility index (Phi) is 4.25. The van der Waals surface area contributed by atoms with Gasteiger partial charge in [0, 0.05) is 44.5 Å². The molecule has 0 N–H and O–H groups in total. The van der Waals surface area contributed by atoms with Gasteiger partial charge in [-0.25, -0.2) is 0 Å². The van der Waals surface area contributed by atoms with Crippen LogP contribution in [0.3, 0.4) is 0 Å². The Bertz CT molecular complexity index is 715. The molecule has 4 rings (SSSR count). The molecule has 6 heteroatoms. The van der Waals surface area contributed by atoms with Crippen molar-refractivity contribution in [1.82, 2.24) is 14.8 Å². The number of hydrogen-bond donors (Lipinski definition) is 0. The van der Waals surface area contributed by atoms with E-state index >= 15 is 0 Å². The molecule has 2 aliphatic rings. The molecular formula is C19H20F3N3. The van der Waals surface area contributed by atoms with E-state index in [-0.39, 0.29) is 0 Å². The van der Waals surface area contributed by atoms with Crippen molar-refractivity contribution in [2.24, 2.45) is 0 Å². The van der Waals surface area contributed by atoms with E-state index in [1.54, 1.807) is 6.07 Å². The van der Waals surface area contributed by atoms with Crippen molar-refractivity contribution in [1.29, 1.82) is 0 Å². The molecule has 0 saturated carbocycles.